The van der Waals surface area contributed by atoms with Crippen molar-refractivity contribution in [1.29, 1.82) is 0 Å². The van der Waals surface area contributed by atoms with E-state index >= 15 is 0 Å². The number of aromatic nitrogens is 1. The molecule has 0 bridgehead atoms. The maximum Gasteiger partial charge on any atom is 1.00 e. The number of phenols is 1. The van der Waals surface area contributed by atoms with E-state index in [1.807, 2.05) is 25.1 Å². The molecular formula is C44H48KNO14S. The summed E-state index contributed by atoms with van der Waals surface area (Å²) in [6.07, 6.45) is 7.40. The maximum absolute atomic E-state index is 12.4. The first-order chi connectivity index (χ1) is 28.3. The largest absolute Gasteiger partial charge is 1.00 e. The van der Waals surface area contributed by atoms with Crippen molar-refractivity contribution in [3.8, 4) is 5.75 Å². The number of aliphatic hydroxyl groups is 3. The maximum atomic E-state index is 12.4. The molecule has 4 aliphatic rings. The fraction of sp³-hybridized carbons (Fsp3) is 0.386. The van der Waals surface area contributed by atoms with E-state index < -0.39 is 51.8 Å². The number of benzene rings is 3. The third-order valence-electron chi connectivity index (χ3n) is 12.5. The van der Waals surface area contributed by atoms with Gasteiger partial charge in [-0.2, -0.15) is 0 Å². The van der Waals surface area contributed by atoms with Gasteiger partial charge in [0.15, 0.2) is 11.6 Å². The number of fused-ring (bicyclic) bond motifs is 6. The van der Waals surface area contributed by atoms with Crippen molar-refractivity contribution >= 4 is 44.8 Å². The quantitative estimate of drug-likeness (QED) is 0.0648. The summed E-state index contributed by atoms with van der Waals surface area (Å²) in [5.74, 6) is -1.04. The van der Waals surface area contributed by atoms with E-state index in [1.54, 1.807) is 85.1 Å². The summed E-state index contributed by atoms with van der Waals surface area (Å²) >= 11 is 0. The van der Waals surface area contributed by atoms with Crippen LogP contribution in [-0.4, -0.2) is 84.8 Å². The van der Waals surface area contributed by atoms with Gasteiger partial charge in [0.25, 0.3) is 0 Å². The number of pyridine rings is 1. The van der Waals surface area contributed by atoms with Crippen molar-refractivity contribution in [2.45, 2.75) is 70.5 Å². The molecule has 320 valence electrons. The zero-order valence-electron chi connectivity index (χ0n) is 34.0. The van der Waals surface area contributed by atoms with E-state index in [-0.39, 0.29) is 86.1 Å². The topological polar surface area (TPSA) is 258 Å². The van der Waals surface area contributed by atoms with Gasteiger partial charge in [-0.3, -0.25) is 19.1 Å². The van der Waals surface area contributed by atoms with E-state index in [0.29, 0.717) is 35.9 Å². The molecule has 3 aromatic carbocycles. The Bertz CT molecular complexity index is 2260. The third kappa shape index (κ3) is 11.7. The van der Waals surface area contributed by atoms with Gasteiger partial charge in [0, 0.05) is 23.4 Å². The Hall–Kier alpha value is -3.72. The Morgan fingerprint density at radius 3 is 1.95 bits per heavy atom. The Morgan fingerprint density at radius 1 is 0.852 bits per heavy atom. The molecule has 1 aromatic heterocycles. The van der Waals surface area contributed by atoms with Crippen LogP contribution in [-0.2, 0) is 29.8 Å². The number of nitrogens with zero attached hydrogens (tertiary/aromatic N) is 1. The first kappa shape index (κ1) is 49.9. The number of aromatic hydroxyl groups is 1. The zero-order valence-corrected chi connectivity index (χ0v) is 38.0. The molecule has 15 nitrogen and oxygen atoms in total. The summed E-state index contributed by atoms with van der Waals surface area (Å²) in [5, 5.41) is 42.0. The van der Waals surface area contributed by atoms with Crippen molar-refractivity contribution in [2.75, 3.05) is 6.61 Å². The number of ketones is 2. The molecular weight excluding hydrogens is 838 g/mol. The number of carbonyl (C=O) groups is 4. The Kier molecular flexibility index (Phi) is 17.3. The van der Waals surface area contributed by atoms with Crippen LogP contribution in [0.3, 0.4) is 0 Å². The zero-order chi connectivity index (χ0) is 43.9. The molecule has 61 heavy (non-hydrogen) atoms. The minimum atomic E-state index is -4.92. The molecule has 0 spiro atoms. The molecule has 17 heteroatoms. The average molecular weight is 886 g/mol. The molecule has 0 aliphatic heterocycles. The number of aliphatic hydroxyl groups excluding tert-OH is 2. The van der Waals surface area contributed by atoms with Crippen molar-refractivity contribution in [2.24, 2.45) is 28.6 Å². The van der Waals surface area contributed by atoms with Gasteiger partial charge >= 0.3 is 63.3 Å². The first-order valence-corrected chi connectivity index (χ1v) is 20.7. The number of rotatable bonds is 4. The van der Waals surface area contributed by atoms with Crippen LogP contribution in [0, 0.1) is 28.6 Å². The molecule has 4 aromatic rings. The van der Waals surface area contributed by atoms with Gasteiger partial charge in [-0.25, -0.2) is 27.8 Å². The Morgan fingerprint density at radius 2 is 1.41 bits per heavy atom. The molecule has 1 heterocycles. The summed E-state index contributed by atoms with van der Waals surface area (Å²) in [4.78, 5) is 60.2. The SMILES string of the molecule is C[C@]12CCC(=O)C=C1CC[C@@H]1[C@@H]2[C@@H](O)C[C@@]2(C)[C@H]1CC[C@]2(O)C(=O)CO.O=C(OOC(=O)c1ccccc1)c1ccccc1.O=S(=O)([O-])O.Oc1cccc2cccnc12.[K+]. The summed E-state index contributed by atoms with van der Waals surface area (Å²) in [7, 11) is -4.92. The number of Topliss-reactive ketones (excluding diaryl/α,β-unsaturated/α-hetero) is 1. The number of para-hydroxylation sites is 1. The van der Waals surface area contributed by atoms with Crippen molar-refractivity contribution in [3.05, 3.63) is 120 Å². The van der Waals surface area contributed by atoms with Gasteiger partial charge in [-0.15, -0.1) is 0 Å². The van der Waals surface area contributed by atoms with Crippen LogP contribution in [0.15, 0.2) is 109 Å². The smallest absolute Gasteiger partial charge is 0.726 e. The Balaban J connectivity index is 0.000000202. The van der Waals surface area contributed by atoms with Crippen LogP contribution < -0.4 is 51.4 Å². The third-order valence-corrected chi connectivity index (χ3v) is 12.5. The van der Waals surface area contributed by atoms with E-state index in [1.165, 1.54) is 5.57 Å². The minimum Gasteiger partial charge on any atom is -0.726 e. The van der Waals surface area contributed by atoms with Crippen molar-refractivity contribution in [1.82, 2.24) is 4.98 Å². The van der Waals surface area contributed by atoms with Gasteiger partial charge < -0.3 is 25.0 Å². The normalized spacial score (nSPS) is 27.1. The van der Waals surface area contributed by atoms with E-state index in [0.717, 1.165) is 31.1 Å². The van der Waals surface area contributed by atoms with Gasteiger partial charge in [-0.1, -0.05) is 74.0 Å². The summed E-state index contributed by atoms with van der Waals surface area (Å²) in [5.41, 5.74) is 0.0659. The second-order valence-electron chi connectivity index (χ2n) is 15.8. The van der Waals surface area contributed by atoms with E-state index in [9.17, 15) is 39.6 Å². The standard InChI is InChI=1S/C21H30O5.C14H10O4.C9H7NO.K.H2O4S/c1-19-7-5-13(23)9-12(19)3-4-14-15-6-8-21(26,17(25)11-22)20(15,2)10-16(24)18(14)19;15-13(11-7-3-1-4-8-11)17-18-14(16)12-9-5-2-6-10-12;11-8-5-1-3-7-4-2-6-10-9(7)8;;1-5(2,3)4/h9,14-16,18,22,24,26H,3-8,10-11H2,1-2H3;1-10H;1-6,11H;;(H2,1,2,3,4)/q;;;+1;/p-1/t14-,15-,16-,18+,19-,20-,21-;;;;/m0..../s1. The van der Waals surface area contributed by atoms with Crippen LogP contribution in [0.1, 0.15) is 79.5 Å². The van der Waals surface area contributed by atoms with Crippen LogP contribution in [0.25, 0.3) is 10.9 Å². The molecule has 0 radical (unpaired) electrons. The van der Waals surface area contributed by atoms with Crippen molar-refractivity contribution in [3.63, 3.8) is 0 Å². The predicted octanol–water partition coefficient (Wildman–Crippen LogP) is 2.35. The Labute approximate surface area is 396 Å². The molecule has 0 amide bonds. The van der Waals surface area contributed by atoms with Gasteiger partial charge in [0.05, 0.1) is 17.2 Å². The summed E-state index contributed by atoms with van der Waals surface area (Å²) < 4.78 is 32.8. The molecule has 4 aliphatic carbocycles. The molecule has 8 rings (SSSR count). The molecule has 0 saturated heterocycles. The summed E-state index contributed by atoms with van der Waals surface area (Å²) in [6, 6.07) is 25.7. The number of hydrogen-bond donors (Lipinski definition) is 5. The second kappa shape index (κ2) is 21.1. The fourth-order valence-corrected chi connectivity index (χ4v) is 9.69. The van der Waals surface area contributed by atoms with Gasteiger partial charge in [-0.05, 0) is 104 Å². The van der Waals surface area contributed by atoms with Crippen LogP contribution in [0.5, 0.6) is 5.75 Å². The first-order valence-electron chi connectivity index (χ1n) is 19.3. The number of phenolic OH excluding ortho intramolecular Hbond substituents is 1. The van der Waals surface area contributed by atoms with Crippen molar-refractivity contribution < 1.29 is 118 Å². The minimum absolute atomic E-state index is 0. The number of allylic oxidation sites excluding steroid dienone is 1. The molecule has 7 atom stereocenters. The molecule has 3 saturated carbocycles. The van der Waals surface area contributed by atoms with Gasteiger partial charge in [0.1, 0.15) is 23.5 Å². The molecule has 0 unspecified atom stereocenters. The fourth-order valence-electron chi connectivity index (χ4n) is 9.69. The molecule has 3 fully saturated rings. The number of carbonyl (C=O) groups excluding carboxylic acids is 4. The monoisotopic (exact) mass is 885 g/mol. The molecule has 5 N–H and O–H groups in total. The van der Waals surface area contributed by atoms with Crippen LogP contribution in [0.2, 0.25) is 0 Å². The van der Waals surface area contributed by atoms with Crippen LogP contribution in [0.4, 0.5) is 0 Å². The predicted molar refractivity (Wildman–Crippen MR) is 215 cm³/mol. The van der Waals surface area contributed by atoms with Crippen LogP contribution >= 0.6 is 0 Å². The van der Waals surface area contributed by atoms with E-state index in [4.69, 9.17) is 17.5 Å². The number of hydrogen-bond acceptors (Lipinski definition) is 14. The second-order valence-corrected chi connectivity index (χ2v) is 16.7. The summed E-state index contributed by atoms with van der Waals surface area (Å²) in [6.45, 7) is 3.46. The average Bonchev–Trinajstić information content (AvgIpc) is 3.50. The van der Waals surface area contributed by atoms with Gasteiger partial charge in [0.2, 0.25) is 10.4 Å². The van der Waals surface area contributed by atoms with E-state index in [2.05, 4.69) is 21.7 Å².